The topological polar surface area (TPSA) is 84.1 Å². The van der Waals surface area contributed by atoms with Crippen LogP contribution in [0.25, 0.3) is 0 Å². The van der Waals surface area contributed by atoms with Gasteiger partial charge in [-0.2, -0.15) is 5.10 Å². The monoisotopic (exact) mass is 371 g/mol. The zero-order valence-corrected chi connectivity index (χ0v) is 14.1. The van der Waals surface area contributed by atoms with Crippen LogP contribution < -0.4 is 5.32 Å². The molecule has 0 fully saturated rings. The summed E-state index contributed by atoms with van der Waals surface area (Å²) >= 11 is 4.57. The van der Waals surface area contributed by atoms with E-state index in [1.165, 1.54) is 17.5 Å². The van der Waals surface area contributed by atoms with Gasteiger partial charge in [0.1, 0.15) is 10.7 Å². The molecule has 21 heavy (non-hydrogen) atoms. The van der Waals surface area contributed by atoms with Crippen LogP contribution in [0, 0.1) is 13.8 Å². The van der Waals surface area contributed by atoms with Crippen molar-refractivity contribution in [1.82, 2.24) is 10.2 Å². The lowest BCUT2D eigenvalue weighted by Gasteiger charge is -2.06. The maximum Gasteiger partial charge on any atom is 0.341 e. The molecule has 0 radical (unpaired) electrons. The molecule has 2 heterocycles. The molecule has 8 heteroatoms. The van der Waals surface area contributed by atoms with E-state index >= 15 is 0 Å². The third-order valence-electron chi connectivity index (χ3n) is 2.91. The van der Waals surface area contributed by atoms with Crippen molar-refractivity contribution in [2.45, 2.75) is 20.8 Å². The fourth-order valence-corrected chi connectivity index (χ4v) is 3.18. The van der Waals surface area contributed by atoms with Gasteiger partial charge in [0.2, 0.25) is 0 Å². The lowest BCUT2D eigenvalue weighted by molar-refractivity contribution is 0.0527. The van der Waals surface area contributed by atoms with Crippen LogP contribution in [0.3, 0.4) is 0 Å². The molecule has 0 saturated heterocycles. The average molecular weight is 372 g/mol. The zero-order valence-electron chi connectivity index (χ0n) is 11.7. The maximum atomic E-state index is 12.2. The highest BCUT2D eigenvalue weighted by Crippen LogP contribution is 2.33. The highest BCUT2D eigenvalue weighted by Gasteiger charge is 2.23. The molecule has 1 amide bonds. The number of aryl methyl sites for hydroxylation is 1. The number of ether oxygens (including phenoxy) is 1. The summed E-state index contributed by atoms with van der Waals surface area (Å²) in [7, 11) is 0. The van der Waals surface area contributed by atoms with E-state index in [4.69, 9.17) is 4.74 Å². The number of esters is 1. The molecule has 0 saturated carbocycles. The van der Waals surface area contributed by atoms with Gasteiger partial charge in [0, 0.05) is 4.88 Å². The minimum Gasteiger partial charge on any atom is -0.462 e. The number of aromatic amines is 1. The summed E-state index contributed by atoms with van der Waals surface area (Å²) in [5.74, 6) is -0.801. The molecule has 0 aliphatic heterocycles. The minimum atomic E-state index is -0.432. The number of nitrogens with one attached hydrogen (secondary N) is 2. The molecule has 2 N–H and O–H groups in total. The second-order valence-corrected chi connectivity index (χ2v) is 6.33. The van der Waals surface area contributed by atoms with Crippen molar-refractivity contribution in [1.29, 1.82) is 0 Å². The Morgan fingerprint density at radius 3 is 2.76 bits per heavy atom. The van der Waals surface area contributed by atoms with Crippen LogP contribution >= 0.6 is 27.3 Å². The molecule has 112 valence electrons. The number of rotatable bonds is 4. The van der Waals surface area contributed by atoms with E-state index in [1.54, 1.807) is 6.92 Å². The summed E-state index contributed by atoms with van der Waals surface area (Å²) in [5, 5.41) is 9.59. The number of carbonyl (C=O) groups excluding carboxylic acids is 2. The third-order valence-corrected chi connectivity index (χ3v) is 4.64. The molecule has 0 aliphatic carbocycles. The highest BCUT2D eigenvalue weighted by atomic mass is 79.9. The van der Waals surface area contributed by atoms with Gasteiger partial charge in [-0.05, 0) is 42.3 Å². The first kappa shape index (κ1) is 15.7. The zero-order chi connectivity index (χ0) is 15.6. The molecule has 0 bridgehead atoms. The van der Waals surface area contributed by atoms with Gasteiger partial charge >= 0.3 is 5.97 Å². The Morgan fingerprint density at radius 1 is 1.48 bits per heavy atom. The number of halogens is 1. The van der Waals surface area contributed by atoms with Gasteiger partial charge in [-0.25, -0.2) is 4.79 Å². The number of hydrogen-bond donors (Lipinski definition) is 2. The number of anilines is 1. The highest BCUT2D eigenvalue weighted by molar-refractivity contribution is 9.10. The standard InChI is InChI=1S/C13H14BrN3O3S/c1-4-20-13(19)9-6(2)7(3)21-12(9)16-11(18)10-8(14)5-15-17-10/h5H,4H2,1-3H3,(H,15,17)(H,16,18). The van der Waals surface area contributed by atoms with E-state index in [1.807, 2.05) is 13.8 Å². The summed E-state index contributed by atoms with van der Waals surface area (Å²) in [4.78, 5) is 25.2. The quantitative estimate of drug-likeness (QED) is 0.807. The summed E-state index contributed by atoms with van der Waals surface area (Å²) in [6, 6.07) is 0. The lowest BCUT2D eigenvalue weighted by Crippen LogP contribution is -2.15. The van der Waals surface area contributed by atoms with Crippen molar-refractivity contribution in [3.8, 4) is 0 Å². The molecular weight excluding hydrogens is 358 g/mol. The molecule has 0 spiro atoms. The summed E-state index contributed by atoms with van der Waals surface area (Å²) < 4.78 is 5.60. The maximum absolute atomic E-state index is 12.2. The van der Waals surface area contributed by atoms with Crippen LogP contribution in [0.2, 0.25) is 0 Å². The third kappa shape index (κ3) is 3.16. The fourth-order valence-electron chi connectivity index (χ4n) is 1.76. The van der Waals surface area contributed by atoms with Crippen LogP contribution in [0.15, 0.2) is 10.7 Å². The smallest absolute Gasteiger partial charge is 0.341 e. The van der Waals surface area contributed by atoms with E-state index < -0.39 is 5.97 Å². The predicted octanol–water partition coefficient (Wildman–Crippen LogP) is 3.28. The number of H-pyrrole nitrogens is 1. The van der Waals surface area contributed by atoms with Crippen LogP contribution in [-0.2, 0) is 4.74 Å². The predicted molar refractivity (Wildman–Crippen MR) is 84.0 cm³/mol. The van der Waals surface area contributed by atoms with Crippen LogP contribution in [0.1, 0.15) is 38.2 Å². The van der Waals surface area contributed by atoms with Gasteiger partial charge in [0.15, 0.2) is 0 Å². The molecular formula is C13H14BrN3O3S. The molecule has 2 aromatic heterocycles. The molecule has 2 rings (SSSR count). The molecule has 0 unspecified atom stereocenters. The van der Waals surface area contributed by atoms with Crippen LogP contribution in [0.4, 0.5) is 5.00 Å². The lowest BCUT2D eigenvalue weighted by atomic mass is 10.1. The number of aromatic nitrogens is 2. The average Bonchev–Trinajstić information content (AvgIpc) is 2.95. The van der Waals surface area contributed by atoms with Crippen molar-refractivity contribution in [2.24, 2.45) is 0 Å². The van der Waals surface area contributed by atoms with Crippen molar-refractivity contribution in [3.05, 3.63) is 32.4 Å². The SMILES string of the molecule is CCOC(=O)c1c(NC(=O)c2[nH]ncc2Br)sc(C)c1C. The minimum absolute atomic E-state index is 0.284. The van der Waals surface area contributed by atoms with Gasteiger partial charge in [0.05, 0.1) is 22.8 Å². The van der Waals surface area contributed by atoms with Gasteiger partial charge < -0.3 is 10.1 Å². The molecule has 6 nitrogen and oxygen atoms in total. The first-order chi connectivity index (χ1) is 9.95. The summed E-state index contributed by atoms with van der Waals surface area (Å²) in [5.41, 5.74) is 1.52. The Bertz CT molecular complexity index is 693. The first-order valence-electron chi connectivity index (χ1n) is 6.23. The normalized spacial score (nSPS) is 10.5. The van der Waals surface area contributed by atoms with Gasteiger partial charge in [-0.15, -0.1) is 11.3 Å². The largest absolute Gasteiger partial charge is 0.462 e. The Labute approximate surface area is 134 Å². The van der Waals surface area contributed by atoms with Crippen molar-refractivity contribution in [2.75, 3.05) is 11.9 Å². The number of hydrogen-bond acceptors (Lipinski definition) is 5. The van der Waals surface area contributed by atoms with Crippen LogP contribution in [0.5, 0.6) is 0 Å². The van der Waals surface area contributed by atoms with E-state index in [0.717, 1.165) is 10.4 Å². The Kier molecular flexibility index (Phi) is 4.79. The van der Waals surface area contributed by atoms with Crippen LogP contribution in [-0.4, -0.2) is 28.7 Å². The first-order valence-corrected chi connectivity index (χ1v) is 7.84. The second-order valence-electron chi connectivity index (χ2n) is 4.25. The van der Waals surface area contributed by atoms with Crippen molar-refractivity contribution < 1.29 is 14.3 Å². The number of amides is 1. The Hall–Kier alpha value is -1.67. The fraction of sp³-hybridized carbons (Fsp3) is 0.308. The summed E-state index contributed by atoms with van der Waals surface area (Å²) in [6.07, 6.45) is 1.49. The number of thiophene rings is 1. The van der Waals surface area contributed by atoms with E-state index in [9.17, 15) is 9.59 Å². The van der Waals surface area contributed by atoms with E-state index in [2.05, 4.69) is 31.4 Å². The second kappa shape index (κ2) is 6.40. The Morgan fingerprint density at radius 2 is 2.19 bits per heavy atom. The van der Waals surface area contributed by atoms with Gasteiger partial charge in [-0.1, -0.05) is 0 Å². The molecule has 2 aromatic rings. The van der Waals surface area contributed by atoms with Crippen molar-refractivity contribution in [3.63, 3.8) is 0 Å². The summed E-state index contributed by atoms with van der Waals surface area (Å²) in [6.45, 7) is 5.75. The molecule has 0 aliphatic rings. The van der Waals surface area contributed by atoms with Gasteiger partial charge in [0.25, 0.3) is 5.91 Å². The van der Waals surface area contributed by atoms with E-state index in [-0.39, 0.29) is 12.5 Å². The molecule has 0 aromatic carbocycles. The van der Waals surface area contributed by atoms with Gasteiger partial charge in [-0.3, -0.25) is 9.89 Å². The molecule has 0 atom stereocenters. The number of carbonyl (C=O) groups is 2. The van der Waals surface area contributed by atoms with E-state index in [0.29, 0.717) is 20.7 Å². The number of nitrogens with zero attached hydrogens (tertiary/aromatic N) is 1. The van der Waals surface area contributed by atoms with Crippen molar-refractivity contribution >= 4 is 44.1 Å². The Balaban J connectivity index is 2.32.